The van der Waals surface area contributed by atoms with Crippen LogP contribution in [-0.4, -0.2) is 70.1 Å². The molecule has 2 saturated heterocycles. The van der Waals surface area contributed by atoms with Crippen molar-refractivity contribution in [2.75, 3.05) is 53.1 Å². The topological polar surface area (TPSA) is 55.3 Å². The Morgan fingerprint density at radius 2 is 2.19 bits per heavy atom. The molecule has 6 heteroatoms. The van der Waals surface area contributed by atoms with Crippen LogP contribution in [0.3, 0.4) is 0 Å². The molecule has 0 amide bonds. The van der Waals surface area contributed by atoms with Crippen molar-refractivity contribution >= 4 is 5.96 Å². The molecular weight excluding hydrogens is 342 g/mol. The zero-order valence-electron chi connectivity index (χ0n) is 16.9. The highest BCUT2D eigenvalue weighted by molar-refractivity contribution is 5.80. The Hall–Kier alpha value is -1.63. The van der Waals surface area contributed by atoms with E-state index >= 15 is 0 Å². The second-order valence-corrected chi connectivity index (χ2v) is 7.35. The number of hydrogen-bond acceptors (Lipinski definition) is 4. The first-order valence-electron chi connectivity index (χ1n) is 10.0. The number of guanidine groups is 1. The summed E-state index contributed by atoms with van der Waals surface area (Å²) in [5.41, 5.74) is 3.83. The van der Waals surface area contributed by atoms with Gasteiger partial charge < -0.3 is 24.4 Å². The number of nitrogens with zero attached hydrogens (tertiary/aromatic N) is 2. The van der Waals surface area contributed by atoms with Gasteiger partial charge in [-0.25, -0.2) is 0 Å². The molecule has 0 spiro atoms. The number of nitrogens with one attached hydrogen (secondary N) is 1. The lowest BCUT2D eigenvalue weighted by atomic mass is 10.00. The van der Waals surface area contributed by atoms with Gasteiger partial charge in [-0.1, -0.05) is 23.8 Å². The molecule has 0 radical (unpaired) electrons. The molecule has 6 nitrogen and oxygen atoms in total. The first kappa shape index (κ1) is 20.1. The molecule has 2 unspecified atom stereocenters. The third-order valence-corrected chi connectivity index (χ3v) is 5.21. The van der Waals surface area contributed by atoms with E-state index in [1.54, 1.807) is 0 Å². The molecule has 150 valence electrons. The van der Waals surface area contributed by atoms with Crippen molar-refractivity contribution in [3.05, 3.63) is 34.9 Å². The summed E-state index contributed by atoms with van der Waals surface area (Å²) in [6, 6.07) is 6.56. The number of aryl methyl sites for hydroxylation is 2. The minimum atomic E-state index is 0.0775. The van der Waals surface area contributed by atoms with E-state index in [2.05, 4.69) is 47.3 Å². The van der Waals surface area contributed by atoms with Gasteiger partial charge in [0.1, 0.15) is 6.10 Å². The standard InChI is InChI=1S/C21H33N3O3/c1-16-6-7-19(17(2)13-16)20-14-24(9-12-27-20)21(22-3)23-8-11-25-15-18-5-4-10-26-18/h6-7,13,18,20H,4-5,8-12,14-15H2,1-3H3,(H,22,23). The second kappa shape index (κ2) is 10.1. The molecule has 0 bridgehead atoms. The van der Waals surface area contributed by atoms with Gasteiger partial charge in [0.05, 0.1) is 32.5 Å². The van der Waals surface area contributed by atoms with Crippen LogP contribution in [0, 0.1) is 13.8 Å². The zero-order chi connectivity index (χ0) is 19.1. The molecular formula is C21H33N3O3. The lowest BCUT2D eigenvalue weighted by Gasteiger charge is -2.35. The number of ether oxygens (including phenoxy) is 3. The Morgan fingerprint density at radius 1 is 1.30 bits per heavy atom. The first-order valence-corrected chi connectivity index (χ1v) is 10.0. The second-order valence-electron chi connectivity index (χ2n) is 7.35. The fraction of sp³-hybridized carbons (Fsp3) is 0.667. The van der Waals surface area contributed by atoms with Crippen molar-refractivity contribution in [3.8, 4) is 0 Å². The van der Waals surface area contributed by atoms with Gasteiger partial charge in [0.25, 0.3) is 0 Å². The Kier molecular flexibility index (Phi) is 7.50. The molecule has 0 saturated carbocycles. The van der Waals surface area contributed by atoms with Crippen LogP contribution in [0.25, 0.3) is 0 Å². The number of rotatable bonds is 6. The van der Waals surface area contributed by atoms with Gasteiger partial charge in [0, 0.05) is 26.7 Å². The van der Waals surface area contributed by atoms with Crippen LogP contribution in [0.5, 0.6) is 0 Å². The third-order valence-electron chi connectivity index (χ3n) is 5.21. The molecule has 2 aliphatic rings. The van der Waals surface area contributed by atoms with Gasteiger partial charge in [-0.05, 0) is 37.8 Å². The van der Waals surface area contributed by atoms with Crippen molar-refractivity contribution in [3.63, 3.8) is 0 Å². The zero-order valence-corrected chi connectivity index (χ0v) is 16.9. The van der Waals surface area contributed by atoms with Crippen LogP contribution < -0.4 is 5.32 Å². The highest BCUT2D eigenvalue weighted by Crippen LogP contribution is 2.25. The van der Waals surface area contributed by atoms with Crippen LogP contribution in [0.4, 0.5) is 0 Å². The van der Waals surface area contributed by atoms with E-state index in [-0.39, 0.29) is 12.2 Å². The molecule has 2 heterocycles. The van der Waals surface area contributed by atoms with Gasteiger partial charge in [0.2, 0.25) is 0 Å². The van der Waals surface area contributed by atoms with E-state index < -0.39 is 0 Å². The lowest BCUT2D eigenvalue weighted by Crippen LogP contribution is -2.48. The van der Waals surface area contributed by atoms with E-state index in [0.717, 1.165) is 45.0 Å². The van der Waals surface area contributed by atoms with E-state index in [4.69, 9.17) is 14.2 Å². The van der Waals surface area contributed by atoms with Gasteiger partial charge in [-0.2, -0.15) is 0 Å². The van der Waals surface area contributed by atoms with Crippen molar-refractivity contribution in [2.24, 2.45) is 4.99 Å². The maximum absolute atomic E-state index is 6.05. The third kappa shape index (κ3) is 5.67. The summed E-state index contributed by atoms with van der Waals surface area (Å²) in [6.45, 7) is 9.59. The number of aliphatic imine (C=N–C) groups is 1. The lowest BCUT2D eigenvalue weighted by molar-refractivity contribution is -0.00872. The normalized spacial score (nSPS) is 23.7. The summed E-state index contributed by atoms with van der Waals surface area (Å²) < 4.78 is 17.4. The summed E-state index contributed by atoms with van der Waals surface area (Å²) in [7, 11) is 1.83. The number of hydrogen-bond donors (Lipinski definition) is 1. The Morgan fingerprint density at radius 3 is 2.93 bits per heavy atom. The fourth-order valence-corrected chi connectivity index (χ4v) is 3.77. The Bertz CT molecular complexity index is 629. The molecule has 2 fully saturated rings. The molecule has 1 aromatic carbocycles. The average Bonchev–Trinajstić information content (AvgIpc) is 3.18. The van der Waals surface area contributed by atoms with Gasteiger partial charge in [0.15, 0.2) is 5.96 Å². The highest BCUT2D eigenvalue weighted by Gasteiger charge is 2.25. The fourth-order valence-electron chi connectivity index (χ4n) is 3.77. The van der Waals surface area contributed by atoms with Gasteiger partial charge in [-0.15, -0.1) is 0 Å². The predicted octanol–water partition coefficient (Wildman–Crippen LogP) is 2.45. The summed E-state index contributed by atoms with van der Waals surface area (Å²) in [5, 5.41) is 3.41. The number of morpholine rings is 1. The van der Waals surface area contributed by atoms with Gasteiger partial charge in [-0.3, -0.25) is 4.99 Å². The van der Waals surface area contributed by atoms with E-state index in [0.29, 0.717) is 19.8 Å². The molecule has 0 aliphatic carbocycles. The van der Waals surface area contributed by atoms with Crippen molar-refractivity contribution < 1.29 is 14.2 Å². The quantitative estimate of drug-likeness (QED) is 0.470. The van der Waals surface area contributed by atoms with E-state index in [1.807, 2.05) is 7.05 Å². The molecule has 1 aromatic rings. The summed E-state index contributed by atoms with van der Waals surface area (Å²) in [5.74, 6) is 0.911. The van der Waals surface area contributed by atoms with Crippen LogP contribution in [0.1, 0.15) is 35.6 Å². The number of benzene rings is 1. The summed E-state index contributed by atoms with van der Waals surface area (Å²) in [6.07, 6.45) is 2.62. The van der Waals surface area contributed by atoms with Crippen LogP contribution in [0.2, 0.25) is 0 Å². The summed E-state index contributed by atoms with van der Waals surface area (Å²) in [4.78, 5) is 6.72. The molecule has 1 N–H and O–H groups in total. The maximum Gasteiger partial charge on any atom is 0.193 e. The monoisotopic (exact) mass is 375 g/mol. The minimum absolute atomic E-state index is 0.0775. The van der Waals surface area contributed by atoms with E-state index in [9.17, 15) is 0 Å². The van der Waals surface area contributed by atoms with Crippen LogP contribution in [0.15, 0.2) is 23.2 Å². The van der Waals surface area contributed by atoms with Crippen molar-refractivity contribution in [1.29, 1.82) is 0 Å². The average molecular weight is 376 g/mol. The minimum Gasteiger partial charge on any atom is -0.377 e. The van der Waals surface area contributed by atoms with Crippen LogP contribution >= 0.6 is 0 Å². The SMILES string of the molecule is CN=C(NCCOCC1CCCO1)N1CCOC(c2ccc(C)cc2C)C1. The van der Waals surface area contributed by atoms with E-state index in [1.165, 1.54) is 16.7 Å². The summed E-state index contributed by atoms with van der Waals surface area (Å²) >= 11 is 0. The van der Waals surface area contributed by atoms with Crippen LogP contribution in [-0.2, 0) is 14.2 Å². The smallest absolute Gasteiger partial charge is 0.193 e. The van der Waals surface area contributed by atoms with Crippen molar-refractivity contribution in [2.45, 2.75) is 38.9 Å². The Balaban J connectivity index is 1.46. The molecule has 2 atom stereocenters. The molecule has 3 rings (SSSR count). The van der Waals surface area contributed by atoms with Gasteiger partial charge >= 0.3 is 0 Å². The van der Waals surface area contributed by atoms with Crippen molar-refractivity contribution in [1.82, 2.24) is 10.2 Å². The highest BCUT2D eigenvalue weighted by atomic mass is 16.5. The first-order chi connectivity index (χ1) is 13.2. The maximum atomic E-state index is 6.05. The molecule has 2 aliphatic heterocycles. The molecule has 0 aromatic heterocycles. The molecule has 27 heavy (non-hydrogen) atoms. The Labute approximate surface area is 162 Å². The largest absolute Gasteiger partial charge is 0.377 e. The predicted molar refractivity (Wildman–Crippen MR) is 107 cm³/mol.